The van der Waals surface area contributed by atoms with Crippen LogP contribution in [0.25, 0.3) is 10.9 Å². The molecule has 1 N–H and O–H groups in total. The Morgan fingerprint density at radius 1 is 1.15 bits per heavy atom. The number of hydrogen-bond acceptors (Lipinski definition) is 5. The average molecular weight is 268 g/mol. The molecule has 0 aliphatic rings. The van der Waals surface area contributed by atoms with Crippen molar-refractivity contribution in [3.63, 3.8) is 0 Å². The molecule has 2 aromatic heterocycles. The molecule has 3 aromatic rings. The Hall–Kier alpha value is -2.56. The van der Waals surface area contributed by atoms with Crippen LogP contribution in [-0.4, -0.2) is 24.1 Å². The van der Waals surface area contributed by atoms with Gasteiger partial charge in [-0.3, -0.25) is 0 Å². The minimum atomic E-state index is 0.616. The SMILES string of the molecule is CNc1nc(N(C)Cc2ccco2)c2ccccc2n1. The minimum absolute atomic E-state index is 0.616. The van der Waals surface area contributed by atoms with Crippen LogP contribution in [0.3, 0.4) is 0 Å². The Bertz CT molecular complexity index is 709. The number of hydrogen-bond donors (Lipinski definition) is 1. The number of anilines is 2. The molecule has 20 heavy (non-hydrogen) atoms. The van der Waals surface area contributed by atoms with E-state index >= 15 is 0 Å². The zero-order valence-corrected chi connectivity index (χ0v) is 11.5. The van der Waals surface area contributed by atoms with Gasteiger partial charge in [0.25, 0.3) is 0 Å². The first-order chi connectivity index (χ1) is 9.78. The highest BCUT2D eigenvalue weighted by Gasteiger charge is 2.12. The highest BCUT2D eigenvalue weighted by atomic mass is 16.3. The Balaban J connectivity index is 2.04. The van der Waals surface area contributed by atoms with Gasteiger partial charge in [-0.2, -0.15) is 4.98 Å². The Morgan fingerprint density at radius 3 is 2.75 bits per heavy atom. The number of para-hydroxylation sites is 1. The Morgan fingerprint density at radius 2 is 2.00 bits per heavy atom. The lowest BCUT2D eigenvalue weighted by atomic mass is 10.2. The van der Waals surface area contributed by atoms with Crippen molar-refractivity contribution in [1.29, 1.82) is 0 Å². The van der Waals surface area contributed by atoms with Crippen molar-refractivity contribution in [3.05, 3.63) is 48.4 Å². The standard InChI is InChI=1S/C15H16N4O/c1-16-15-17-13-8-4-3-7-12(13)14(18-15)19(2)10-11-6-5-9-20-11/h3-9H,10H2,1-2H3,(H,16,17,18). The van der Waals surface area contributed by atoms with E-state index in [2.05, 4.69) is 20.2 Å². The summed E-state index contributed by atoms with van der Waals surface area (Å²) in [4.78, 5) is 11.1. The lowest BCUT2D eigenvalue weighted by molar-refractivity contribution is 0.507. The summed E-state index contributed by atoms with van der Waals surface area (Å²) < 4.78 is 5.39. The first-order valence-corrected chi connectivity index (χ1v) is 6.46. The van der Waals surface area contributed by atoms with Crippen LogP contribution >= 0.6 is 0 Å². The summed E-state index contributed by atoms with van der Waals surface area (Å²) in [6, 6.07) is 11.8. The molecule has 0 bridgehead atoms. The van der Waals surface area contributed by atoms with Crippen LogP contribution in [0.15, 0.2) is 47.1 Å². The fourth-order valence-electron chi connectivity index (χ4n) is 2.17. The third-order valence-corrected chi connectivity index (χ3v) is 3.14. The highest BCUT2D eigenvalue weighted by molar-refractivity contribution is 5.90. The molecule has 0 spiro atoms. The van der Waals surface area contributed by atoms with Crippen molar-refractivity contribution in [3.8, 4) is 0 Å². The van der Waals surface area contributed by atoms with E-state index in [0.717, 1.165) is 22.5 Å². The fraction of sp³-hybridized carbons (Fsp3) is 0.200. The molecule has 0 saturated carbocycles. The fourth-order valence-corrected chi connectivity index (χ4v) is 2.17. The van der Waals surface area contributed by atoms with Gasteiger partial charge in [0.05, 0.1) is 18.3 Å². The van der Waals surface area contributed by atoms with Gasteiger partial charge in [0.2, 0.25) is 5.95 Å². The number of nitrogens with zero attached hydrogens (tertiary/aromatic N) is 3. The zero-order chi connectivity index (χ0) is 13.9. The van der Waals surface area contributed by atoms with Crippen molar-refractivity contribution < 1.29 is 4.42 Å². The summed E-state index contributed by atoms with van der Waals surface area (Å²) in [6.07, 6.45) is 1.68. The molecule has 0 aliphatic carbocycles. The first-order valence-electron chi connectivity index (χ1n) is 6.46. The van der Waals surface area contributed by atoms with Gasteiger partial charge in [-0.1, -0.05) is 12.1 Å². The third kappa shape index (κ3) is 2.30. The van der Waals surface area contributed by atoms with Gasteiger partial charge >= 0.3 is 0 Å². The van der Waals surface area contributed by atoms with E-state index in [4.69, 9.17) is 4.42 Å². The molecule has 0 amide bonds. The lowest BCUT2D eigenvalue weighted by Crippen LogP contribution is -2.18. The van der Waals surface area contributed by atoms with Crippen LogP contribution in [0.1, 0.15) is 5.76 Å². The summed E-state index contributed by atoms with van der Waals surface area (Å²) in [5.74, 6) is 2.41. The van der Waals surface area contributed by atoms with Crippen LogP contribution in [0, 0.1) is 0 Å². The predicted octanol–water partition coefficient (Wildman–Crippen LogP) is 2.90. The first kappa shape index (κ1) is 12.5. The van der Waals surface area contributed by atoms with E-state index in [1.54, 1.807) is 6.26 Å². The molecular formula is C15H16N4O. The molecule has 0 radical (unpaired) electrons. The van der Waals surface area contributed by atoms with Gasteiger partial charge in [-0.05, 0) is 24.3 Å². The maximum Gasteiger partial charge on any atom is 0.224 e. The number of furan rings is 1. The highest BCUT2D eigenvalue weighted by Crippen LogP contribution is 2.25. The summed E-state index contributed by atoms with van der Waals surface area (Å²) in [5.41, 5.74) is 0.924. The number of fused-ring (bicyclic) bond motifs is 1. The largest absolute Gasteiger partial charge is 0.467 e. The molecule has 102 valence electrons. The van der Waals surface area contributed by atoms with Crippen molar-refractivity contribution in [1.82, 2.24) is 9.97 Å². The number of rotatable bonds is 4. The normalized spacial score (nSPS) is 10.7. The topological polar surface area (TPSA) is 54.2 Å². The van der Waals surface area contributed by atoms with E-state index in [1.165, 1.54) is 0 Å². The summed E-state index contributed by atoms with van der Waals surface area (Å²) in [6.45, 7) is 0.664. The van der Waals surface area contributed by atoms with Crippen LogP contribution < -0.4 is 10.2 Å². The van der Waals surface area contributed by atoms with Gasteiger partial charge in [0, 0.05) is 19.5 Å². The van der Waals surface area contributed by atoms with Gasteiger partial charge in [-0.25, -0.2) is 4.98 Å². The summed E-state index contributed by atoms with van der Waals surface area (Å²) in [5, 5.41) is 4.03. The quantitative estimate of drug-likeness (QED) is 0.788. The summed E-state index contributed by atoms with van der Waals surface area (Å²) >= 11 is 0. The van der Waals surface area contributed by atoms with E-state index in [1.807, 2.05) is 50.5 Å². The second kappa shape index (κ2) is 5.21. The Kier molecular flexibility index (Phi) is 3.25. The zero-order valence-electron chi connectivity index (χ0n) is 11.5. The molecule has 0 unspecified atom stereocenters. The van der Waals surface area contributed by atoms with Gasteiger partial charge < -0.3 is 14.6 Å². The molecule has 5 nitrogen and oxygen atoms in total. The second-order valence-corrected chi connectivity index (χ2v) is 4.57. The number of nitrogens with one attached hydrogen (secondary N) is 1. The van der Waals surface area contributed by atoms with Crippen LogP contribution in [-0.2, 0) is 6.54 Å². The van der Waals surface area contributed by atoms with Crippen LogP contribution in [0.4, 0.5) is 11.8 Å². The van der Waals surface area contributed by atoms with E-state index in [-0.39, 0.29) is 0 Å². The molecule has 0 atom stereocenters. The maximum absolute atomic E-state index is 5.39. The molecule has 0 fully saturated rings. The van der Waals surface area contributed by atoms with Crippen molar-refractivity contribution >= 4 is 22.7 Å². The molecule has 0 aliphatic heterocycles. The number of benzene rings is 1. The average Bonchev–Trinajstić information content (AvgIpc) is 2.98. The summed E-state index contributed by atoms with van der Waals surface area (Å²) in [7, 11) is 3.82. The van der Waals surface area contributed by atoms with Gasteiger partial charge in [-0.15, -0.1) is 0 Å². The second-order valence-electron chi connectivity index (χ2n) is 4.57. The van der Waals surface area contributed by atoms with Gasteiger partial charge in [0.1, 0.15) is 11.6 Å². The Labute approximate surface area is 117 Å². The third-order valence-electron chi connectivity index (χ3n) is 3.14. The smallest absolute Gasteiger partial charge is 0.224 e. The lowest BCUT2D eigenvalue weighted by Gasteiger charge is -2.19. The van der Waals surface area contributed by atoms with E-state index < -0.39 is 0 Å². The van der Waals surface area contributed by atoms with Crippen LogP contribution in [0.2, 0.25) is 0 Å². The maximum atomic E-state index is 5.39. The molecule has 0 saturated heterocycles. The predicted molar refractivity (Wildman–Crippen MR) is 79.9 cm³/mol. The van der Waals surface area contributed by atoms with Crippen LogP contribution in [0.5, 0.6) is 0 Å². The molecule has 1 aromatic carbocycles. The molecule has 2 heterocycles. The van der Waals surface area contributed by atoms with Crippen molar-refractivity contribution in [2.75, 3.05) is 24.3 Å². The van der Waals surface area contributed by atoms with Gasteiger partial charge in [0.15, 0.2) is 0 Å². The van der Waals surface area contributed by atoms with Crippen molar-refractivity contribution in [2.45, 2.75) is 6.54 Å². The van der Waals surface area contributed by atoms with Crippen molar-refractivity contribution in [2.24, 2.45) is 0 Å². The molecular weight excluding hydrogens is 252 g/mol. The molecule has 3 rings (SSSR count). The monoisotopic (exact) mass is 268 g/mol. The van der Waals surface area contributed by atoms with E-state index in [0.29, 0.717) is 12.5 Å². The number of aromatic nitrogens is 2. The van der Waals surface area contributed by atoms with E-state index in [9.17, 15) is 0 Å². The molecule has 5 heteroatoms. The minimum Gasteiger partial charge on any atom is -0.467 e.